The van der Waals surface area contributed by atoms with Crippen LogP contribution in [0.5, 0.6) is 11.5 Å². The van der Waals surface area contributed by atoms with Crippen molar-refractivity contribution in [2.75, 3.05) is 0 Å². The van der Waals surface area contributed by atoms with Crippen LogP contribution in [0.4, 0.5) is 13.2 Å². The fraction of sp³-hybridized carbons (Fsp3) is 0.125. The van der Waals surface area contributed by atoms with Crippen LogP contribution < -0.4 is 9.47 Å². The van der Waals surface area contributed by atoms with E-state index in [1.807, 2.05) is 0 Å². The normalized spacial score (nSPS) is 14.2. The molecule has 0 aromatic heterocycles. The standard InChI is InChI=1S/C8H4F3IO2/c9-8(10,11)14-5-1-2-7-6(3-5)12-4-13-7/h1-4H. The van der Waals surface area contributed by atoms with Gasteiger partial charge in [-0.1, -0.05) is 0 Å². The molecule has 14 heavy (non-hydrogen) atoms. The van der Waals surface area contributed by atoms with Crippen molar-refractivity contribution in [3.8, 4) is 11.5 Å². The average molecular weight is 316 g/mol. The van der Waals surface area contributed by atoms with Crippen LogP contribution >= 0.6 is 20.7 Å². The van der Waals surface area contributed by atoms with E-state index in [1.54, 1.807) is 4.20 Å². The maximum atomic E-state index is 11.8. The molecule has 1 aromatic carbocycles. The van der Waals surface area contributed by atoms with Crippen LogP contribution in [-0.4, -0.2) is 10.6 Å². The number of halogens is 4. The van der Waals surface area contributed by atoms with Crippen LogP contribution in [0.15, 0.2) is 18.2 Å². The number of hydrogen-bond donors (Lipinski definition) is 0. The van der Waals surface area contributed by atoms with Gasteiger partial charge in [0.2, 0.25) is 0 Å². The molecule has 1 aliphatic heterocycles. The summed E-state index contributed by atoms with van der Waals surface area (Å²) in [5.74, 6) is 0.446. The smallest absolute Gasteiger partial charge is 0.458 e. The first kappa shape index (κ1) is 9.75. The Bertz CT molecular complexity index is 387. The van der Waals surface area contributed by atoms with Gasteiger partial charge >= 0.3 is 6.36 Å². The maximum Gasteiger partial charge on any atom is 0.573 e. The molecule has 0 bridgehead atoms. The van der Waals surface area contributed by atoms with E-state index in [0.717, 1.165) is 3.57 Å². The van der Waals surface area contributed by atoms with Gasteiger partial charge in [0.25, 0.3) is 0 Å². The van der Waals surface area contributed by atoms with E-state index in [-0.39, 0.29) is 5.75 Å². The van der Waals surface area contributed by atoms with Crippen molar-refractivity contribution in [1.29, 1.82) is 0 Å². The Kier molecular flexibility index (Phi) is 2.38. The minimum atomic E-state index is -4.63. The Morgan fingerprint density at radius 1 is 1.29 bits per heavy atom. The molecule has 2 nitrogen and oxygen atoms in total. The Morgan fingerprint density at radius 3 is 2.79 bits per heavy atom. The molecule has 0 atom stereocenters. The molecule has 0 saturated carbocycles. The van der Waals surface area contributed by atoms with Crippen molar-refractivity contribution in [1.82, 2.24) is 0 Å². The van der Waals surface area contributed by atoms with Crippen molar-refractivity contribution < 1.29 is 22.6 Å². The van der Waals surface area contributed by atoms with E-state index >= 15 is 0 Å². The van der Waals surface area contributed by atoms with E-state index in [0.29, 0.717) is 5.75 Å². The summed E-state index contributed by atoms with van der Waals surface area (Å²) >= 11 is -0.432. The lowest BCUT2D eigenvalue weighted by molar-refractivity contribution is -0.274. The fourth-order valence-corrected chi connectivity index (χ4v) is 2.75. The summed E-state index contributed by atoms with van der Waals surface area (Å²) in [6.07, 6.45) is -4.63. The van der Waals surface area contributed by atoms with Crippen LogP contribution in [0, 0.1) is 3.57 Å². The lowest BCUT2D eigenvalue weighted by Crippen LogP contribution is -2.17. The highest BCUT2D eigenvalue weighted by Crippen LogP contribution is 2.34. The molecule has 6 heteroatoms. The maximum absolute atomic E-state index is 11.8. The molecule has 0 aliphatic carbocycles. The van der Waals surface area contributed by atoms with Crippen LogP contribution in [0.3, 0.4) is 0 Å². The molecule has 0 amide bonds. The second-order valence-electron chi connectivity index (χ2n) is 2.46. The van der Waals surface area contributed by atoms with Gasteiger partial charge in [0.05, 0.1) is 3.57 Å². The molecular formula is C8H4F3IO2. The first-order chi connectivity index (χ1) is 6.54. The number of alkyl halides is 3. The molecule has 2 rings (SSSR count). The zero-order valence-corrected chi connectivity index (χ0v) is 8.80. The first-order valence-corrected chi connectivity index (χ1v) is 5.88. The van der Waals surface area contributed by atoms with Gasteiger partial charge in [0.1, 0.15) is 15.7 Å². The Balaban J connectivity index is 2.25. The highest BCUT2D eigenvalue weighted by molar-refractivity contribution is 14.2. The lowest BCUT2D eigenvalue weighted by atomic mass is 10.3. The van der Waals surface area contributed by atoms with Crippen LogP contribution in [0.2, 0.25) is 0 Å². The molecule has 76 valence electrons. The molecular weight excluding hydrogens is 312 g/mol. The second kappa shape index (κ2) is 3.41. The molecule has 0 saturated heterocycles. The van der Waals surface area contributed by atoms with Crippen molar-refractivity contribution in [3.05, 3.63) is 21.8 Å². The van der Waals surface area contributed by atoms with Gasteiger partial charge in [-0.15, -0.1) is 13.2 Å². The van der Waals surface area contributed by atoms with Crippen LogP contribution in [0.1, 0.15) is 0 Å². The zero-order valence-electron chi connectivity index (χ0n) is 6.64. The van der Waals surface area contributed by atoms with Gasteiger partial charge in [0.15, 0.2) is 0 Å². The highest BCUT2D eigenvalue weighted by Gasteiger charge is 2.31. The number of fused-ring (bicyclic) bond motifs is 1. The molecule has 0 radical (unpaired) electrons. The third-order valence-corrected chi connectivity index (χ3v) is 3.49. The Morgan fingerprint density at radius 2 is 2.07 bits per heavy atom. The molecule has 1 aliphatic rings. The predicted octanol–water partition coefficient (Wildman–Crippen LogP) is 2.88. The topological polar surface area (TPSA) is 18.5 Å². The summed E-state index contributed by atoms with van der Waals surface area (Å²) < 4.78 is 46.8. The summed E-state index contributed by atoms with van der Waals surface area (Å²) in [4.78, 5) is 0. The zero-order chi connectivity index (χ0) is 10.2. The lowest BCUT2D eigenvalue weighted by Gasteiger charge is -2.08. The molecule has 0 fully saturated rings. The summed E-state index contributed by atoms with van der Waals surface area (Å²) in [6, 6.07) is 4.11. The fourth-order valence-electron chi connectivity index (χ4n) is 0.978. The highest BCUT2D eigenvalue weighted by atomic mass is 127. The van der Waals surface area contributed by atoms with Crippen molar-refractivity contribution in [2.24, 2.45) is 0 Å². The molecule has 0 spiro atoms. The van der Waals surface area contributed by atoms with Gasteiger partial charge in [-0.2, -0.15) is 0 Å². The van der Waals surface area contributed by atoms with E-state index < -0.39 is 27.1 Å². The van der Waals surface area contributed by atoms with E-state index in [2.05, 4.69) is 4.74 Å². The van der Waals surface area contributed by atoms with Crippen molar-refractivity contribution >= 4 is 24.9 Å². The van der Waals surface area contributed by atoms with Gasteiger partial charge in [-0.05, 0) is 38.9 Å². The van der Waals surface area contributed by atoms with Crippen molar-refractivity contribution in [2.45, 2.75) is 6.36 Å². The number of benzene rings is 1. The molecule has 0 N–H and O–H groups in total. The van der Waals surface area contributed by atoms with Gasteiger partial charge in [0, 0.05) is 0 Å². The Labute approximate surface area is 87.4 Å². The molecule has 0 unspecified atom stereocenters. The molecule has 1 aromatic rings. The Hall–Kier alpha value is -0.790. The average Bonchev–Trinajstić information content (AvgIpc) is 2.47. The van der Waals surface area contributed by atoms with Gasteiger partial charge < -0.3 is 9.47 Å². The number of hydrogen-bond acceptors (Lipinski definition) is 2. The first-order valence-electron chi connectivity index (χ1n) is 3.56. The van der Waals surface area contributed by atoms with Crippen molar-refractivity contribution in [3.63, 3.8) is 0 Å². The quantitative estimate of drug-likeness (QED) is 0.742. The third kappa shape index (κ3) is 2.17. The second-order valence-corrected chi connectivity index (χ2v) is 4.75. The molecule has 1 heterocycles. The minimum absolute atomic E-state index is 0.185. The van der Waals surface area contributed by atoms with Gasteiger partial charge in [-0.3, -0.25) is 0 Å². The summed E-state index contributed by atoms with van der Waals surface area (Å²) in [5, 5.41) is 0. The number of ether oxygens (including phenoxy) is 2. The van der Waals surface area contributed by atoms with E-state index in [1.165, 1.54) is 18.2 Å². The van der Waals surface area contributed by atoms with Gasteiger partial charge in [-0.25, -0.2) is 0 Å². The van der Waals surface area contributed by atoms with Crippen LogP contribution in [-0.2, 0) is 0 Å². The third-order valence-electron chi connectivity index (χ3n) is 1.47. The summed E-state index contributed by atoms with van der Waals surface area (Å²) in [7, 11) is 0. The van der Waals surface area contributed by atoms with Crippen LogP contribution in [0.25, 0.3) is 0 Å². The minimum Gasteiger partial charge on any atom is -0.458 e. The summed E-state index contributed by atoms with van der Waals surface area (Å²) in [6.45, 7) is 0. The predicted molar refractivity (Wildman–Crippen MR) is 52.5 cm³/mol. The summed E-state index contributed by atoms with van der Waals surface area (Å²) in [5.41, 5.74) is 0. The monoisotopic (exact) mass is 316 g/mol. The number of rotatable bonds is 1. The van der Waals surface area contributed by atoms with E-state index in [4.69, 9.17) is 4.74 Å². The van der Waals surface area contributed by atoms with E-state index in [9.17, 15) is 13.2 Å². The SMILES string of the molecule is FC(F)(F)Oc1ccc2c(c1)I=CO2. The largest absolute Gasteiger partial charge is 0.573 e.